The number of nitrogens with one attached hydrogen (secondary N) is 2. The van der Waals surface area contributed by atoms with Crippen LogP contribution in [0.1, 0.15) is 10.4 Å². The lowest BCUT2D eigenvalue weighted by Gasteiger charge is -2.09. The number of carbonyl (C=O) groups excluding carboxylic acids is 1. The Hall–Kier alpha value is -1.99. The van der Waals surface area contributed by atoms with E-state index in [1.807, 2.05) is 0 Å². The van der Waals surface area contributed by atoms with Crippen LogP contribution in [0.3, 0.4) is 0 Å². The van der Waals surface area contributed by atoms with E-state index in [1.54, 1.807) is 24.3 Å². The summed E-state index contributed by atoms with van der Waals surface area (Å²) in [6.07, 6.45) is 1.04. The van der Waals surface area contributed by atoms with Gasteiger partial charge in [-0.15, -0.1) is 0 Å². The lowest BCUT2D eigenvalue weighted by Crippen LogP contribution is -2.34. The molecule has 7 heteroatoms. The van der Waals surface area contributed by atoms with Gasteiger partial charge in [-0.2, -0.15) is 0 Å². The van der Waals surface area contributed by atoms with Crippen LogP contribution in [0, 0.1) is 5.82 Å². The summed E-state index contributed by atoms with van der Waals surface area (Å²) in [6, 6.07) is 9.35. The Labute approximate surface area is 122 Å². The molecule has 0 saturated carbocycles. The second-order valence-corrected chi connectivity index (χ2v) is 6.40. The average molecular weight is 310 g/mol. The van der Waals surface area contributed by atoms with E-state index in [4.69, 9.17) is 0 Å². The molecule has 0 radical (unpaired) electrons. The molecule has 0 heterocycles. The first-order valence-electron chi connectivity index (χ1n) is 6.28. The number of benzene rings is 2. The molecule has 2 aromatic carbocycles. The molecule has 0 aliphatic heterocycles. The van der Waals surface area contributed by atoms with E-state index < -0.39 is 10.0 Å². The summed E-state index contributed by atoms with van der Waals surface area (Å²) in [5.41, 5.74) is 0.353. The average Bonchev–Trinajstić information content (AvgIpc) is 2.43. The highest BCUT2D eigenvalue weighted by Crippen LogP contribution is 2.21. The smallest absolute Gasteiger partial charge is 0.251 e. The van der Waals surface area contributed by atoms with Gasteiger partial charge in [0.25, 0.3) is 5.91 Å². The number of rotatable bonds is 5. The standard InChI is InChI=1S/C14H15FN2O3S/c1-21(19,20)17-9-8-16-14(18)12-6-7-13(15)11-5-3-2-4-10(11)12/h2-7,17H,8-9H2,1H3,(H,16,18). The van der Waals surface area contributed by atoms with Crippen molar-refractivity contribution in [3.8, 4) is 0 Å². The molecule has 0 aromatic heterocycles. The minimum Gasteiger partial charge on any atom is -0.351 e. The fraction of sp³-hybridized carbons (Fsp3) is 0.214. The first kappa shape index (κ1) is 15.4. The van der Waals surface area contributed by atoms with Gasteiger partial charge in [0.2, 0.25) is 10.0 Å². The molecule has 0 atom stereocenters. The highest BCUT2D eigenvalue weighted by atomic mass is 32.2. The molecule has 0 aliphatic carbocycles. The molecule has 2 rings (SSSR count). The predicted octanol–water partition coefficient (Wildman–Crippen LogP) is 1.26. The van der Waals surface area contributed by atoms with Gasteiger partial charge >= 0.3 is 0 Å². The van der Waals surface area contributed by atoms with Gasteiger partial charge in [0, 0.05) is 24.0 Å². The highest BCUT2D eigenvalue weighted by molar-refractivity contribution is 7.88. The Balaban J connectivity index is 2.12. The fourth-order valence-electron chi connectivity index (χ4n) is 1.97. The second kappa shape index (κ2) is 6.19. The monoisotopic (exact) mass is 310 g/mol. The fourth-order valence-corrected chi connectivity index (χ4v) is 2.44. The van der Waals surface area contributed by atoms with Crippen LogP contribution < -0.4 is 10.0 Å². The first-order valence-corrected chi connectivity index (χ1v) is 8.18. The lowest BCUT2D eigenvalue weighted by molar-refractivity contribution is 0.0956. The third-order valence-corrected chi connectivity index (χ3v) is 3.62. The zero-order valence-electron chi connectivity index (χ0n) is 11.4. The number of sulfonamides is 1. The number of amides is 1. The maximum atomic E-state index is 13.7. The van der Waals surface area contributed by atoms with Crippen molar-refractivity contribution in [3.63, 3.8) is 0 Å². The molecule has 0 bridgehead atoms. The normalized spacial score (nSPS) is 11.5. The summed E-state index contributed by atoms with van der Waals surface area (Å²) in [7, 11) is -3.28. The molecule has 5 nitrogen and oxygen atoms in total. The first-order chi connectivity index (χ1) is 9.88. The van der Waals surface area contributed by atoms with Gasteiger partial charge in [-0.3, -0.25) is 4.79 Å². The number of hydrogen-bond donors (Lipinski definition) is 2. The largest absolute Gasteiger partial charge is 0.351 e. The Morgan fingerprint density at radius 3 is 2.43 bits per heavy atom. The molecule has 0 saturated heterocycles. The summed E-state index contributed by atoms with van der Waals surface area (Å²) in [5, 5.41) is 3.49. The molecule has 0 spiro atoms. The van der Waals surface area contributed by atoms with Crippen molar-refractivity contribution < 1.29 is 17.6 Å². The van der Waals surface area contributed by atoms with E-state index in [9.17, 15) is 17.6 Å². The molecular weight excluding hydrogens is 295 g/mol. The van der Waals surface area contributed by atoms with E-state index in [-0.39, 0.29) is 24.8 Å². The molecule has 2 N–H and O–H groups in total. The quantitative estimate of drug-likeness (QED) is 0.816. The molecule has 0 aliphatic rings. The van der Waals surface area contributed by atoms with Gasteiger partial charge in [0.05, 0.1) is 6.26 Å². The van der Waals surface area contributed by atoms with Gasteiger partial charge < -0.3 is 5.32 Å². The summed E-state index contributed by atoms with van der Waals surface area (Å²) in [5.74, 6) is -0.762. The van der Waals surface area contributed by atoms with Crippen LogP contribution in [0.4, 0.5) is 4.39 Å². The van der Waals surface area contributed by atoms with Crippen molar-refractivity contribution >= 4 is 26.7 Å². The lowest BCUT2D eigenvalue weighted by atomic mass is 10.0. The Morgan fingerprint density at radius 2 is 1.76 bits per heavy atom. The van der Waals surface area contributed by atoms with Crippen LogP contribution in [0.15, 0.2) is 36.4 Å². The molecule has 1 amide bonds. The van der Waals surface area contributed by atoms with Gasteiger partial charge in [-0.1, -0.05) is 24.3 Å². The molecule has 0 unspecified atom stereocenters. The molecule has 0 fully saturated rings. The van der Waals surface area contributed by atoms with E-state index in [0.29, 0.717) is 16.3 Å². The summed E-state index contributed by atoms with van der Waals surface area (Å²) in [4.78, 5) is 12.1. The number of hydrogen-bond acceptors (Lipinski definition) is 3. The number of fused-ring (bicyclic) bond motifs is 1. The van der Waals surface area contributed by atoms with Crippen LogP contribution >= 0.6 is 0 Å². The SMILES string of the molecule is CS(=O)(=O)NCCNC(=O)c1ccc(F)c2ccccc12. The second-order valence-electron chi connectivity index (χ2n) is 4.56. The van der Waals surface area contributed by atoms with Crippen LogP contribution in [0.25, 0.3) is 10.8 Å². The molecular formula is C14H15FN2O3S. The maximum Gasteiger partial charge on any atom is 0.251 e. The van der Waals surface area contributed by atoms with Crippen molar-refractivity contribution in [2.75, 3.05) is 19.3 Å². The Bertz CT molecular complexity index is 775. The number of halogens is 1. The molecule has 21 heavy (non-hydrogen) atoms. The van der Waals surface area contributed by atoms with E-state index in [2.05, 4.69) is 10.0 Å². The summed E-state index contributed by atoms with van der Waals surface area (Å²) in [6.45, 7) is 0.251. The Morgan fingerprint density at radius 1 is 1.10 bits per heavy atom. The van der Waals surface area contributed by atoms with Crippen molar-refractivity contribution in [1.29, 1.82) is 0 Å². The summed E-state index contributed by atoms with van der Waals surface area (Å²) < 4.78 is 37.7. The van der Waals surface area contributed by atoms with E-state index in [0.717, 1.165) is 6.26 Å². The van der Waals surface area contributed by atoms with Gasteiger partial charge in [0.15, 0.2) is 0 Å². The predicted molar refractivity (Wildman–Crippen MR) is 79.1 cm³/mol. The van der Waals surface area contributed by atoms with Crippen molar-refractivity contribution in [2.45, 2.75) is 0 Å². The van der Waals surface area contributed by atoms with Gasteiger partial charge in [0.1, 0.15) is 5.82 Å². The topological polar surface area (TPSA) is 75.3 Å². The molecule has 112 valence electrons. The van der Waals surface area contributed by atoms with Crippen molar-refractivity contribution in [3.05, 3.63) is 47.8 Å². The third kappa shape index (κ3) is 3.99. The van der Waals surface area contributed by atoms with Gasteiger partial charge in [-0.05, 0) is 17.5 Å². The molecule has 2 aromatic rings. The van der Waals surface area contributed by atoms with Crippen LogP contribution in [-0.2, 0) is 10.0 Å². The van der Waals surface area contributed by atoms with Crippen molar-refractivity contribution in [2.24, 2.45) is 0 Å². The minimum atomic E-state index is -3.28. The van der Waals surface area contributed by atoms with E-state index >= 15 is 0 Å². The zero-order chi connectivity index (χ0) is 15.5. The minimum absolute atomic E-state index is 0.101. The van der Waals surface area contributed by atoms with Crippen LogP contribution in [0.2, 0.25) is 0 Å². The maximum absolute atomic E-state index is 13.7. The highest BCUT2D eigenvalue weighted by Gasteiger charge is 2.11. The number of carbonyl (C=O) groups is 1. The van der Waals surface area contributed by atoms with Gasteiger partial charge in [-0.25, -0.2) is 17.5 Å². The zero-order valence-corrected chi connectivity index (χ0v) is 12.2. The van der Waals surface area contributed by atoms with Crippen molar-refractivity contribution in [1.82, 2.24) is 10.0 Å². The Kier molecular flexibility index (Phi) is 4.54. The summed E-state index contributed by atoms with van der Waals surface area (Å²) >= 11 is 0. The van der Waals surface area contributed by atoms with E-state index in [1.165, 1.54) is 12.1 Å². The van der Waals surface area contributed by atoms with Crippen LogP contribution in [-0.4, -0.2) is 33.7 Å². The van der Waals surface area contributed by atoms with Crippen LogP contribution in [0.5, 0.6) is 0 Å². The third-order valence-electron chi connectivity index (χ3n) is 2.89.